The van der Waals surface area contributed by atoms with Crippen molar-refractivity contribution >= 4 is 17.4 Å². The minimum Gasteiger partial charge on any atom is -0.481 e. The molecule has 1 amide bonds. The Balaban J connectivity index is 2.22. The fourth-order valence-electron chi connectivity index (χ4n) is 1.53. The summed E-state index contributed by atoms with van der Waals surface area (Å²) in [5.74, 6) is 0.562. The third-order valence-corrected chi connectivity index (χ3v) is 2.48. The van der Waals surface area contributed by atoms with Crippen LogP contribution in [0, 0.1) is 0 Å². The van der Waals surface area contributed by atoms with E-state index < -0.39 is 0 Å². The highest BCUT2D eigenvalue weighted by Crippen LogP contribution is 2.18. The maximum absolute atomic E-state index is 12.0. The second-order valence-electron chi connectivity index (χ2n) is 3.72. The number of carbonyl (C=O) groups is 1. The minimum atomic E-state index is -0.371. The Morgan fingerprint density at radius 3 is 2.67 bits per heavy atom. The molecule has 8 nitrogen and oxygen atoms in total. The van der Waals surface area contributed by atoms with E-state index in [1.54, 1.807) is 20.2 Å². The molecule has 2 heterocycles. The number of hydrogen-bond donors (Lipinski definition) is 2. The van der Waals surface area contributed by atoms with Gasteiger partial charge < -0.3 is 15.8 Å². The Bertz CT molecular complexity index is 566. The van der Waals surface area contributed by atoms with Crippen LogP contribution in [0.4, 0.5) is 11.5 Å². The van der Waals surface area contributed by atoms with Gasteiger partial charge in [-0.05, 0) is 0 Å². The van der Waals surface area contributed by atoms with Gasteiger partial charge in [-0.25, -0.2) is 4.68 Å². The second kappa shape index (κ2) is 4.40. The maximum Gasteiger partial charge on any atom is 0.277 e. The van der Waals surface area contributed by atoms with Crippen LogP contribution in [-0.4, -0.2) is 32.6 Å². The summed E-state index contributed by atoms with van der Waals surface area (Å²) in [7, 11) is 4.89. The number of carbonyl (C=O) groups excluding carboxylic acids is 1. The van der Waals surface area contributed by atoms with Gasteiger partial charge in [0.1, 0.15) is 0 Å². The summed E-state index contributed by atoms with van der Waals surface area (Å²) in [6.45, 7) is 0. The van der Waals surface area contributed by atoms with Crippen molar-refractivity contribution in [2.45, 2.75) is 0 Å². The molecule has 0 aromatic carbocycles. The molecule has 0 atom stereocenters. The smallest absolute Gasteiger partial charge is 0.277 e. The molecule has 0 aliphatic carbocycles. The van der Waals surface area contributed by atoms with Crippen LogP contribution in [0.1, 0.15) is 10.5 Å². The fourth-order valence-corrected chi connectivity index (χ4v) is 1.53. The first kappa shape index (κ1) is 12.0. The number of aryl methyl sites for hydroxylation is 2. The van der Waals surface area contributed by atoms with Crippen molar-refractivity contribution in [3.05, 3.63) is 18.0 Å². The van der Waals surface area contributed by atoms with Crippen LogP contribution >= 0.6 is 0 Å². The lowest BCUT2D eigenvalue weighted by Crippen LogP contribution is -2.16. The SMILES string of the molecule is COc1cc(C(=O)Nc2c(N)cnn2C)nn1C. The van der Waals surface area contributed by atoms with E-state index in [2.05, 4.69) is 15.5 Å². The van der Waals surface area contributed by atoms with Crippen molar-refractivity contribution in [2.24, 2.45) is 14.1 Å². The van der Waals surface area contributed by atoms with Crippen molar-refractivity contribution in [3.63, 3.8) is 0 Å². The molecule has 0 unspecified atom stereocenters. The third-order valence-electron chi connectivity index (χ3n) is 2.48. The van der Waals surface area contributed by atoms with E-state index in [1.807, 2.05) is 0 Å². The standard InChI is InChI=1S/C10H14N6O2/c1-15-8(18-3)4-7(14-15)10(17)13-9-6(11)5-12-16(9)2/h4-5H,11H2,1-3H3,(H,13,17). The van der Waals surface area contributed by atoms with E-state index in [0.717, 1.165) is 0 Å². The number of aromatic nitrogens is 4. The molecule has 8 heteroatoms. The van der Waals surface area contributed by atoms with Gasteiger partial charge in [0.2, 0.25) is 5.88 Å². The first-order valence-electron chi connectivity index (χ1n) is 5.19. The van der Waals surface area contributed by atoms with Crippen LogP contribution in [-0.2, 0) is 14.1 Å². The molecule has 2 aromatic rings. The zero-order chi connectivity index (χ0) is 13.3. The summed E-state index contributed by atoms with van der Waals surface area (Å²) >= 11 is 0. The Labute approximate surface area is 103 Å². The predicted octanol–water partition coefficient (Wildman–Crippen LogP) is -0.00330. The molecule has 2 aromatic heterocycles. The number of anilines is 2. The highest BCUT2D eigenvalue weighted by molar-refractivity contribution is 6.03. The molecule has 0 aliphatic heterocycles. The average Bonchev–Trinajstić information content (AvgIpc) is 2.86. The molecule has 0 saturated carbocycles. The molecule has 0 spiro atoms. The van der Waals surface area contributed by atoms with Crippen LogP contribution in [0.25, 0.3) is 0 Å². The van der Waals surface area contributed by atoms with Gasteiger partial charge in [0.15, 0.2) is 11.5 Å². The van der Waals surface area contributed by atoms with Crippen LogP contribution in [0.15, 0.2) is 12.3 Å². The summed E-state index contributed by atoms with van der Waals surface area (Å²) in [6, 6.07) is 1.54. The van der Waals surface area contributed by atoms with Crippen LogP contribution in [0.5, 0.6) is 5.88 Å². The monoisotopic (exact) mass is 250 g/mol. The summed E-state index contributed by atoms with van der Waals surface area (Å²) in [5, 5.41) is 10.6. The van der Waals surface area contributed by atoms with Gasteiger partial charge in [-0.15, -0.1) is 0 Å². The van der Waals surface area contributed by atoms with Gasteiger partial charge in [0.05, 0.1) is 19.0 Å². The fraction of sp³-hybridized carbons (Fsp3) is 0.300. The molecule has 0 saturated heterocycles. The number of nitrogens with zero attached hydrogens (tertiary/aromatic N) is 4. The summed E-state index contributed by atoms with van der Waals surface area (Å²) in [4.78, 5) is 12.0. The Hall–Kier alpha value is -2.51. The summed E-state index contributed by atoms with van der Waals surface area (Å²) < 4.78 is 7.99. The number of rotatable bonds is 3. The molecule has 18 heavy (non-hydrogen) atoms. The minimum absolute atomic E-state index is 0.245. The number of amides is 1. The average molecular weight is 250 g/mol. The quantitative estimate of drug-likeness (QED) is 0.798. The predicted molar refractivity (Wildman–Crippen MR) is 65.3 cm³/mol. The van der Waals surface area contributed by atoms with Gasteiger partial charge in [-0.2, -0.15) is 10.2 Å². The van der Waals surface area contributed by atoms with Crippen molar-refractivity contribution in [1.82, 2.24) is 19.6 Å². The normalized spacial score (nSPS) is 10.4. The molecular weight excluding hydrogens is 236 g/mol. The number of ether oxygens (including phenoxy) is 1. The van der Waals surface area contributed by atoms with E-state index in [9.17, 15) is 4.79 Å². The Morgan fingerprint density at radius 2 is 2.17 bits per heavy atom. The van der Waals surface area contributed by atoms with Crippen molar-refractivity contribution in [3.8, 4) is 5.88 Å². The Kier molecular flexibility index (Phi) is 2.92. The first-order valence-corrected chi connectivity index (χ1v) is 5.19. The zero-order valence-corrected chi connectivity index (χ0v) is 10.3. The first-order chi connectivity index (χ1) is 8.52. The lowest BCUT2D eigenvalue weighted by atomic mass is 10.4. The number of hydrogen-bond acceptors (Lipinski definition) is 5. The molecule has 0 bridgehead atoms. The molecule has 0 fully saturated rings. The molecule has 2 rings (SSSR count). The molecule has 96 valence electrons. The van der Waals surface area contributed by atoms with Crippen LogP contribution in [0.3, 0.4) is 0 Å². The number of nitrogen functional groups attached to an aromatic ring is 1. The number of nitrogens with two attached hydrogens (primary N) is 1. The maximum atomic E-state index is 12.0. The van der Waals surface area contributed by atoms with E-state index in [0.29, 0.717) is 17.4 Å². The van der Waals surface area contributed by atoms with Gasteiger partial charge in [-0.3, -0.25) is 9.48 Å². The topological polar surface area (TPSA) is 100.0 Å². The number of methoxy groups -OCH3 is 1. The summed E-state index contributed by atoms with van der Waals surface area (Å²) in [5.41, 5.74) is 6.32. The van der Waals surface area contributed by atoms with E-state index in [1.165, 1.54) is 22.7 Å². The molecule has 0 radical (unpaired) electrons. The van der Waals surface area contributed by atoms with Crippen LogP contribution in [0.2, 0.25) is 0 Å². The lowest BCUT2D eigenvalue weighted by molar-refractivity contribution is 0.102. The molecular formula is C10H14N6O2. The van der Waals surface area contributed by atoms with Gasteiger partial charge >= 0.3 is 0 Å². The third kappa shape index (κ3) is 1.99. The Morgan fingerprint density at radius 1 is 1.44 bits per heavy atom. The molecule has 0 aliphatic rings. The second-order valence-corrected chi connectivity index (χ2v) is 3.72. The van der Waals surface area contributed by atoms with Gasteiger partial charge in [0.25, 0.3) is 5.91 Å². The lowest BCUT2D eigenvalue weighted by Gasteiger charge is -2.04. The zero-order valence-electron chi connectivity index (χ0n) is 10.3. The van der Waals surface area contributed by atoms with E-state index in [4.69, 9.17) is 10.5 Å². The van der Waals surface area contributed by atoms with E-state index >= 15 is 0 Å². The van der Waals surface area contributed by atoms with Crippen molar-refractivity contribution in [1.29, 1.82) is 0 Å². The van der Waals surface area contributed by atoms with Crippen molar-refractivity contribution < 1.29 is 9.53 Å². The van der Waals surface area contributed by atoms with Crippen molar-refractivity contribution in [2.75, 3.05) is 18.2 Å². The van der Waals surface area contributed by atoms with Gasteiger partial charge in [-0.1, -0.05) is 0 Å². The van der Waals surface area contributed by atoms with E-state index in [-0.39, 0.29) is 11.6 Å². The summed E-state index contributed by atoms with van der Waals surface area (Å²) in [6.07, 6.45) is 1.47. The highest BCUT2D eigenvalue weighted by Gasteiger charge is 2.16. The molecule has 3 N–H and O–H groups in total. The largest absolute Gasteiger partial charge is 0.481 e. The van der Waals surface area contributed by atoms with Gasteiger partial charge in [0, 0.05) is 20.2 Å². The van der Waals surface area contributed by atoms with Crippen LogP contribution < -0.4 is 15.8 Å². The number of nitrogens with one attached hydrogen (secondary N) is 1. The highest BCUT2D eigenvalue weighted by atomic mass is 16.5.